The third-order valence-corrected chi connectivity index (χ3v) is 2.62. The van der Waals surface area contributed by atoms with Gasteiger partial charge in [-0.25, -0.2) is 0 Å². The first-order valence-electron chi connectivity index (χ1n) is 4.89. The van der Waals surface area contributed by atoms with E-state index in [0.29, 0.717) is 25.7 Å². The van der Waals surface area contributed by atoms with E-state index in [1.165, 1.54) is 0 Å². The van der Waals surface area contributed by atoms with Gasteiger partial charge in [-0.2, -0.15) is 0 Å². The lowest BCUT2D eigenvalue weighted by molar-refractivity contribution is -0.142. The molecule has 1 aliphatic rings. The molecule has 1 aliphatic heterocycles. The van der Waals surface area contributed by atoms with Crippen molar-refractivity contribution in [3.05, 3.63) is 0 Å². The lowest BCUT2D eigenvalue weighted by Gasteiger charge is -2.27. The first-order chi connectivity index (χ1) is 6.59. The van der Waals surface area contributed by atoms with Crippen LogP contribution in [0.1, 0.15) is 12.8 Å². The monoisotopic (exact) mass is 201 g/mol. The molecule has 1 heterocycles. The largest absolute Gasteiger partial charge is 0.481 e. The van der Waals surface area contributed by atoms with E-state index in [-0.39, 0.29) is 11.8 Å². The number of hydrogen-bond donors (Lipinski definition) is 4. The van der Waals surface area contributed by atoms with Gasteiger partial charge in [-0.05, 0) is 25.2 Å². The molecular formula is C8H16BNO4. The molecule has 0 saturated carbocycles. The number of piperidine rings is 1. The van der Waals surface area contributed by atoms with Gasteiger partial charge in [-0.15, -0.1) is 0 Å². The van der Waals surface area contributed by atoms with Crippen LogP contribution in [0.4, 0.5) is 0 Å². The Hall–Kier alpha value is -0.585. The van der Waals surface area contributed by atoms with Gasteiger partial charge in [-0.3, -0.25) is 4.79 Å². The predicted octanol–water partition coefficient (Wildman–Crippen LogP) is -0.840. The van der Waals surface area contributed by atoms with E-state index in [0.717, 1.165) is 6.54 Å². The number of hydrogen-bond acceptors (Lipinski definition) is 4. The SMILES string of the molecule is O=C(O)[C@@H]1CNC[C@H](CCB(O)O)C1. The van der Waals surface area contributed by atoms with Crippen LogP contribution in [0.25, 0.3) is 0 Å². The van der Waals surface area contributed by atoms with Gasteiger partial charge in [0, 0.05) is 6.54 Å². The fourth-order valence-corrected chi connectivity index (χ4v) is 1.82. The van der Waals surface area contributed by atoms with Gasteiger partial charge in [0.05, 0.1) is 5.92 Å². The van der Waals surface area contributed by atoms with E-state index >= 15 is 0 Å². The molecule has 0 aromatic rings. The molecule has 0 radical (unpaired) electrons. The zero-order valence-electron chi connectivity index (χ0n) is 8.02. The van der Waals surface area contributed by atoms with Crippen LogP contribution < -0.4 is 5.32 Å². The average molecular weight is 201 g/mol. The van der Waals surface area contributed by atoms with Gasteiger partial charge >= 0.3 is 13.1 Å². The first-order valence-corrected chi connectivity index (χ1v) is 4.89. The van der Waals surface area contributed by atoms with Gasteiger partial charge in [-0.1, -0.05) is 6.42 Å². The molecule has 0 amide bonds. The Morgan fingerprint density at radius 1 is 1.43 bits per heavy atom. The van der Waals surface area contributed by atoms with Crippen LogP contribution in [0.15, 0.2) is 0 Å². The second-order valence-electron chi connectivity index (χ2n) is 3.85. The molecule has 0 aromatic carbocycles. The maximum Gasteiger partial charge on any atom is 0.451 e. The van der Waals surface area contributed by atoms with Crippen LogP contribution in [0.5, 0.6) is 0 Å². The Bertz CT molecular complexity index is 200. The highest BCUT2D eigenvalue weighted by Crippen LogP contribution is 2.21. The Balaban J connectivity index is 2.29. The molecule has 4 N–H and O–H groups in total. The third-order valence-electron chi connectivity index (χ3n) is 2.62. The molecule has 0 aromatic heterocycles. The summed E-state index contributed by atoms with van der Waals surface area (Å²) in [6.07, 6.45) is 1.61. The molecule has 0 spiro atoms. The van der Waals surface area contributed by atoms with Crippen molar-refractivity contribution >= 4 is 13.1 Å². The normalized spacial score (nSPS) is 27.3. The fraction of sp³-hybridized carbons (Fsp3) is 0.875. The lowest BCUT2D eigenvalue weighted by atomic mass is 9.78. The smallest absolute Gasteiger partial charge is 0.451 e. The minimum atomic E-state index is -1.28. The Morgan fingerprint density at radius 3 is 2.71 bits per heavy atom. The third kappa shape index (κ3) is 3.65. The van der Waals surface area contributed by atoms with Crippen LogP contribution in [0.3, 0.4) is 0 Å². The topological polar surface area (TPSA) is 89.8 Å². The summed E-state index contributed by atoms with van der Waals surface area (Å²) in [4.78, 5) is 10.7. The van der Waals surface area contributed by atoms with Gasteiger partial charge in [0.2, 0.25) is 0 Å². The summed E-state index contributed by atoms with van der Waals surface area (Å²) in [5.74, 6) is -0.858. The Labute approximate surface area is 83.3 Å². The molecule has 1 saturated heterocycles. The molecule has 80 valence electrons. The quantitative estimate of drug-likeness (QED) is 0.445. The lowest BCUT2D eigenvalue weighted by Crippen LogP contribution is -2.40. The summed E-state index contributed by atoms with van der Waals surface area (Å²) < 4.78 is 0. The number of carboxylic acids is 1. The van der Waals surface area contributed by atoms with Crippen molar-refractivity contribution in [2.24, 2.45) is 11.8 Å². The van der Waals surface area contributed by atoms with Crippen molar-refractivity contribution in [2.75, 3.05) is 13.1 Å². The van der Waals surface area contributed by atoms with E-state index in [4.69, 9.17) is 15.2 Å². The maximum atomic E-state index is 10.7. The molecule has 5 nitrogen and oxygen atoms in total. The number of carboxylic acid groups (broad SMARTS) is 1. The summed E-state index contributed by atoms with van der Waals surface area (Å²) in [7, 11) is -1.28. The number of aliphatic carboxylic acids is 1. The predicted molar refractivity (Wildman–Crippen MR) is 51.7 cm³/mol. The van der Waals surface area contributed by atoms with E-state index in [1.807, 2.05) is 0 Å². The zero-order chi connectivity index (χ0) is 10.6. The summed E-state index contributed by atoms with van der Waals surface area (Å²) >= 11 is 0. The molecule has 2 atom stereocenters. The van der Waals surface area contributed by atoms with Crippen LogP contribution in [-0.2, 0) is 4.79 Å². The van der Waals surface area contributed by atoms with Crippen molar-refractivity contribution in [1.82, 2.24) is 5.32 Å². The molecule has 1 fully saturated rings. The van der Waals surface area contributed by atoms with Crippen LogP contribution in [-0.4, -0.2) is 41.3 Å². The maximum absolute atomic E-state index is 10.7. The zero-order valence-corrected chi connectivity index (χ0v) is 8.02. The van der Waals surface area contributed by atoms with Gasteiger partial charge < -0.3 is 20.5 Å². The summed E-state index contributed by atoms with van der Waals surface area (Å²) in [5, 5.41) is 29.2. The second-order valence-corrected chi connectivity index (χ2v) is 3.85. The Morgan fingerprint density at radius 2 is 2.14 bits per heavy atom. The molecule has 6 heteroatoms. The minimum Gasteiger partial charge on any atom is -0.481 e. The molecule has 1 rings (SSSR count). The molecule has 0 unspecified atom stereocenters. The minimum absolute atomic E-state index is 0.242. The van der Waals surface area contributed by atoms with Crippen LogP contribution in [0.2, 0.25) is 6.32 Å². The second kappa shape index (κ2) is 5.33. The van der Waals surface area contributed by atoms with Crippen LogP contribution in [0, 0.1) is 11.8 Å². The molecular weight excluding hydrogens is 185 g/mol. The highest BCUT2D eigenvalue weighted by molar-refractivity contribution is 6.40. The van der Waals surface area contributed by atoms with E-state index < -0.39 is 13.1 Å². The first kappa shape index (κ1) is 11.5. The Kier molecular flexibility index (Phi) is 4.38. The van der Waals surface area contributed by atoms with Crippen molar-refractivity contribution in [3.8, 4) is 0 Å². The van der Waals surface area contributed by atoms with Crippen molar-refractivity contribution in [3.63, 3.8) is 0 Å². The molecule has 0 aliphatic carbocycles. The van der Waals surface area contributed by atoms with Gasteiger partial charge in [0.25, 0.3) is 0 Å². The number of nitrogens with one attached hydrogen (secondary N) is 1. The number of rotatable bonds is 4. The average Bonchev–Trinajstić information content (AvgIpc) is 2.15. The van der Waals surface area contributed by atoms with Gasteiger partial charge in [0.1, 0.15) is 0 Å². The van der Waals surface area contributed by atoms with Crippen molar-refractivity contribution < 1.29 is 19.9 Å². The summed E-state index contributed by atoms with van der Waals surface area (Å²) in [6.45, 7) is 1.30. The highest BCUT2D eigenvalue weighted by atomic mass is 16.4. The molecule has 0 bridgehead atoms. The van der Waals surface area contributed by atoms with Crippen molar-refractivity contribution in [1.29, 1.82) is 0 Å². The van der Waals surface area contributed by atoms with E-state index in [1.54, 1.807) is 0 Å². The standard InChI is InChI=1S/C8H16BNO4/c11-8(12)7-3-6(4-10-5-7)1-2-9(13)14/h6-7,10,13-14H,1-5H2,(H,11,12)/t6-,7+/m1/s1. The van der Waals surface area contributed by atoms with Crippen molar-refractivity contribution in [2.45, 2.75) is 19.2 Å². The summed E-state index contributed by atoms with van der Waals surface area (Å²) in [6, 6.07) is 0. The van der Waals surface area contributed by atoms with E-state index in [2.05, 4.69) is 5.32 Å². The summed E-state index contributed by atoms with van der Waals surface area (Å²) in [5.41, 5.74) is 0. The van der Waals surface area contributed by atoms with Crippen LogP contribution >= 0.6 is 0 Å². The number of carbonyl (C=O) groups is 1. The fourth-order valence-electron chi connectivity index (χ4n) is 1.82. The molecule has 14 heavy (non-hydrogen) atoms. The van der Waals surface area contributed by atoms with Gasteiger partial charge in [0.15, 0.2) is 0 Å². The van der Waals surface area contributed by atoms with E-state index in [9.17, 15) is 4.79 Å². The highest BCUT2D eigenvalue weighted by Gasteiger charge is 2.27.